The molecule has 2 aromatic rings. The average Bonchev–Trinajstić information content (AvgIpc) is 2.64. The third kappa shape index (κ3) is 5.72. The van der Waals surface area contributed by atoms with Crippen LogP contribution >= 0.6 is 0 Å². The zero-order valence-electron chi connectivity index (χ0n) is 13.9. The third-order valence-electron chi connectivity index (χ3n) is 3.30. The average molecular weight is 330 g/mol. The van der Waals surface area contributed by atoms with Crippen LogP contribution in [0.5, 0.6) is 17.2 Å². The summed E-state index contributed by atoms with van der Waals surface area (Å²) in [6, 6.07) is 14.7. The first kappa shape index (κ1) is 17.5. The van der Waals surface area contributed by atoms with E-state index in [-0.39, 0.29) is 12.5 Å². The molecule has 0 saturated carbocycles. The molecular weight excluding hydrogens is 308 g/mol. The van der Waals surface area contributed by atoms with E-state index in [2.05, 4.69) is 10.6 Å². The Balaban J connectivity index is 1.62. The Bertz CT molecular complexity index is 626. The number of methoxy groups -OCH3 is 2. The first-order valence-corrected chi connectivity index (χ1v) is 7.63. The van der Waals surface area contributed by atoms with E-state index in [1.165, 1.54) is 0 Å². The Morgan fingerprint density at radius 1 is 0.875 bits per heavy atom. The van der Waals surface area contributed by atoms with Crippen molar-refractivity contribution in [3.8, 4) is 17.2 Å². The number of hydrogen-bond acceptors (Lipinski definition) is 5. The zero-order chi connectivity index (χ0) is 17.2. The number of ether oxygens (including phenoxy) is 3. The summed E-state index contributed by atoms with van der Waals surface area (Å²) in [6.07, 6.45) is 0. The van der Waals surface area contributed by atoms with Crippen molar-refractivity contribution >= 4 is 11.6 Å². The molecule has 0 saturated heterocycles. The van der Waals surface area contributed by atoms with E-state index in [1.54, 1.807) is 14.2 Å². The molecule has 0 aliphatic heterocycles. The summed E-state index contributed by atoms with van der Waals surface area (Å²) < 4.78 is 15.7. The fourth-order valence-corrected chi connectivity index (χ4v) is 1.98. The van der Waals surface area contributed by atoms with E-state index < -0.39 is 0 Å². The minimum absolute atomic E-state index is 0.0934. The monoisotopic (exact) mass is 330 g/mol. The van der Waals surface area contributed by atoms with Gasteiger partial charge in [0, 0.05) is 5.69 Å². The van der Waals surface area contributed by atoms with Crippen molar-refractivity contribution in [3.05, 3.63) is 48.5 Å². The smallest absolute Gasteiger partial charge is 0.239 e. The van der Waals surface area contributed by atoms with Gasteiger partial charge in [0.1, 0.15) is 23.9 Å². The number of anilines is 1. The largest absolute Gasteiger partial charge is 0.497 e. The van der Waals surface area contributed by atoms with Crippen LogP contribution in [-0.2, 0) is 4.79 Å². The van der Waals surface area contributed by atoms with Crippen molar-refractivity contribution < 1.29 is 19.0 Å². The van der Waals surface area contributed by atoms with Crippen molar-refractivity contribution in [2.45, 2.75) is 0 Å². The molecular formula is C18H22N2O4. The van der Waals surface area contributed by atoms with Crippen molar-refractivity contribution in [2.24, 2.45) is 0 Å². The highest BCUT2D eigenvalue weighted by molar-refractivity contribution is 5.80. The van der Waals surface area contributed by atoms with Gasteiger partial charge in [0.25, 0.3) is 0 Å². The molecule has 2 N–H and O–H groups in total. The molecule has 2 rings (SSSR count). The van der Waals surface area contributed by atoms with Crippen LogP contribution < -0.4 is 24.8 Å². The van der Waals surface area contributed by atoms with Crippen LogP contribution in [0.3, 0.4) is 0 Å². The van der Waals surface area contributed by atoms with Gasteiger partial charge in [0.2, 0.25) is 5.91 Å². The maximum absolute atomic E-state index is 11.8. The lowest BCUT2D eigenvalue weighted by Gasteiger charge is -2.10. The summed E-state index contributed by atoms with van der Waals surface area (Å²) in [4.78, 5) is 11.8. The van der Waals surface area contributed by atoms with Gasteiger partial charge in [-0.2, -0.15) is 0 Å². The van der Waals surface area contributed by atoms with Crippen LogP contribution in [0.1, 0.15) is 0 Å². The zero-order valence-corrected chi connectivity index (χ0v) is 13.9. The SMILES string of the molecule is COc1ccc(NCC(=O)NCCOc2ccc(OC)cc2)cc1. The maximum Gasteiger partial charge on any atom is 0.239 e. The van der Waals surface area contributed by atoms with Crippen LogP contribution in [0.25, 0.3) is 0 Å². The summed E-state index contributed by atoms with van der Waals surface area (Å²) >= 11 is 0. The van der Waals surface area contributed by atoms with E-state index in [4.69, 9.17) is 14.2 Å². The predicted molar refractivity (Wildman–Crippen MR) is 93.0 cm³/mol. The number of benzene rings is 2. The molecule has 0 radical (unpaired) electrons. The van der Waals surface area contributed by atoms with Crippen LogP contribution in [0.15, 0.2) is 48.5 Å². The first-order valence-electron chi connectivity index (χ1n) is 7.63. The fraction of sp³-hybridized carbons (Fsp3) is 0.278. The number of carbonyl (C=O) groups excluding carboxylic acids is 1. The van der Waals surface area contributed by atoms with E-state index in [0.29, 0.717) is 13.2 Å². The van der Waals surface area contributed by atoms with Crippen LogP contribution in [0.4, 0.5) is 5.69 Å². The van der Waals surface area contributed by atoms with Gasteiger partial charge in [-0.15, -0.1) is 0 Å². The molecule has 0 aliphatic rings. The Hall–Kier alpha value is -2.89. The van der Waals surface area contributed by atoms with Crippen molar-refractivity contribution in [1.29, 1.82) is 0 Å². The van der Waals surface area contributed by atoms with Crippen molar-refractivity contribution in [1.82, 2.24) is 5.32 Å². The van der Waals surface area contributed by atoms with Crippen molar-refractivity contribution in [3.63, 3.8) is 0 Å². The van der Waals surface area contributed by atoms with E-state index in [9.17, 15) is 4.79 Å². The fourth-order valence-electron chi connectivity index (χ4n) is 1.98. The van der Waals surface area contributed by atoms with Gasteiger partial charge in [-0.3, -0.25) is 4.79 Å². The molecule has 24 heavy (non-hydrogen) atoms. The van der Waals surface area contributed by atoms with E-state index >= 15 is 0 Å². The second kappa shape index (κ2) is 9.29. The number of hydrogen-bond donors (Lipinski definition) is 2. The summed E-state index contributed by atoms with van der Waals surface area (Å²) in [5, 5.41) is 5.84. The minimum atomic E-state index is -0.0934. The molecule has 0 unspecified atom stereocenters. The van der Waals surface area contributed by atoms with Crippen LogP contribution in [0.2, 0.25) is 0 Å². The summed E-state index contributed by atoms with van der Waals surface area (Å²) in [6.45, 7) is 1.05. The number of rotatable bonds is 9. The molecule has 0 aliphatic carbocycles. The lowest BCUT2D eigenvalue weighted by Crippen LogP contribution is -2.32. The number of amides is 1. The van der Waals surface area contributed by atoms with E-state index in [1.807, 2.05) is 48.5 Å². The maximum atomic E-state index is 11.8. The van der Waals surface area contributed by atoms with Gasteiger partial charge in [0.15, 0.2) is 0 Å². The Kier molecular flexibility index (Phi) is 6.76. The van der Waals surface area contributed by atoms with Gasteiger partial charge in [-0.05, 0) is 48.5 Å². The molecule has 0 fully saturated rings. The first-order chi connectivity index (χ1) is 11.7. The van der Waals surface area contributed by atoms with Crippen LogP contribution in [0, 0.1) is 0 Å². The number of nitrogens with one attached hydrogen (secondary N) is 2. The van der Waals surface area contributed by atoms with Gasteiger partial charge >= 0.3 is 0 Å². The quantitative estimate of drug-likeness (QED) is 0.691. The molecule has 0 atom stereocenters. The van der Waals surface area contributed by atoms with Gasteiger partial charge in [0.05, 0.1) is 27.3 Å². The standard InChI is InChI=1S/C18H22N2O4/c1-22-15-5-3-14(4-6-15)20-13-18(21)19-11-12-24-17-9-7-16(23-2)8-10-17/h3-10,20H,11-13H2,1-2H3,(H,19,21). The highest BCUT2D eigenvalue weighted by atomic mass is 16.5. The second-order valence-corrected chi connectivity index (χ2v) is 4.96. The Labute approximate surface area is 141 Å². The normalized spacial score (nSPS) is 9.92. The highest BCUT2D eigenvalue weighted by Crippen LogP contribution is 2.16. The molecule has 0 aromatic heterocycles. The number of carbonyl (C=O) groups is 1. The van der Waals surface area contributed by atoms with Gasteiger partial charge in [-0.25, -0.2) is 0 Å². The molecule has 0 heterocycles. The summed E-state index contributed by atoms with van der Waals surface area (Å²) in [5.41, 5.74) is 0.862. The summed E-state index contributed by atoms with van der Waals surface area (Å²) in [7, 11) is 3.23. The molecule has 6 heteroatoms. The molecule has 0 spiro atoms. The minimum Gasteiger partial charge on any atom is -0.497 e. The van der Waals surface area contributed by atoms with Gasteiger partial charge < -0.3 is 24.8 Å². The topological polar surface area (TPSA) is 68.8 Å². The summed E-state index contributed by atoms with van der Waals surface area (Å²) in [5.74, 6) is 2.20. The molecule has 128 valence electrons. The molecule has 0 bridgehead atoms. The van der Waals surface area contributed by atoms with Crippen LogP contribution in [-0.4, -0.2) is 39.8 Å². The van der Waals surface area contributed by atoms with Gasteiger partial charge in [-0.1, -0.05) is 0 Å². The lowest BCUT2D eigenvalue weighted by atomic mass is 10.3. The molecule has 1 amide bonds. The molecule has 2 aromatic carbocycles. The highest BCUT2D eigenvalue weighted by Gasteiger charge is 2.01. The Morgan fingerprint density at radius 2 is 1.42 bits per heavy atom. The second-order valence-electron chi connectivity index (χ2n) is 4.96. The predicted octanol–water partition coefficient (Wildman–Crippen LogP) is 2.31. The lowest BCUT2D eigenvalue weighted by molar-refractivity contribution is -0.119. The van der Waals surface area contributed by atoms with Crippen molar-refractivity contribution in [2.75, 3.05) is 39.2 Å². The van der Waals surface area contributed by atoms with E-state index in [0.717, 1.165) is 22.9 Å². The molecule has 6 nitrogen and oxygen atoms in total. The third-order valence-corrected chi connectivity index (χ3v) is 3.30. The Morgan fingerprint density at radius 3 is 2.00 bits per heavy atom.